The van der Waals surface area contributed by atoms with E-state index in [0.717, 1.165) is 23.2 Å². The average molecular weight is 318 g/mol. The number of anilines is 1. The van der Waals surface area contributed by atoms with Gasteiger partial charge in [-0.15, -0.1) is 0 Å². The number of hydrogen-bond acceptors (Lipinski definition) is 3. The van der Waals surface area contributed by atoms with Crippen molar-refractivity contribution in [2.24, 2.45) is 5.92 Å². The first-order valence-electron chi connectivity index (χ1n) is 8.15. The summed E-state index contributed by atoms with van der Waals surface area (Å²) in [4.78, 5) is 26.5. The van der Waals surface area contributed by atoms with E-state index in [1.165, 1.54) is 0 Å². The Hall–Kier alpha value is -1.88. The standard InChI is InChI=1S/C18H26N2O3/c1-5-14-8-6-7-12(2)17(14)19-18(22)15-9-16(21)20(10-15)13(3)11-23-4/h6-8,13,15H,5,9-11H2,1-4H3,(H,19,22)/t13-,15+/m1/s1. The number of carbonyl (C=O) groups excluding carboxylic acids is 2. The van der Waals surface area contributed by atoms with Gasteiger partial charge in [-0.2, -0.15) is 0 Å². The Morgan fingerprint density at radius 3 is 2.87 bits per heavy atom. The second-order valence-electron chi connectivity index (χ2n) is 6.20. The Morgan fingerprint density at radius 2 is 2.22 bits per heavy atom. The largest absolute Gasteiger partial charge is 0.383 e. The maximum atomic E-state index is 12.6. The predicted molar refractivity (Wildman–Crippen MR) is 90.3 cm³/mol. The Bertz CT molecular complexity index is 586. The molecule has 0 radical (unpaired) electrons. The van der Waals surface area contributed by atoms with Crippen LogP contribution in [0, 0.1) is 12.8 Å². The quantitative estimate of drug-likeness (QED) is 0.876. The second kappa shape index (κ2) is 7.59. The van der Waals surface area contributed by atoms with Crippen molar-refractivity contribution < 1.29 is 14.3 Å². The normalized spacial score (nSPS) is 19.0. The van der Waals surface area contributed by atoms with Crippen LogP contribution in [-0.2, 0) is 20.7 Å². The minimum absolute atomic E-state index is 0.00466. The van der Waals surface area contributed by atoms with Crippen LogP contribution in [0.5, 0.6) is 0 Å². The first-order chi connectivity index (χ1) is 11.0. The number of hydrogen-bond donors (Lipinski definition) is 1. The van der Waals surface area contributed by atoms with Crippen LogP contribution in [0.4, 0.5) is 5.69 Å². The lowest BCUT2D eigenvalue weighted by Crippen LogP contribution is -2.38. The summed E-state index contributed by atoms with van der Waals surface area (Å²) in [6.45, 7) is 6.94. The number of amides is 2. The van der Waals surface area contributed by atoms with Gasteiger partial charge in [-0.3, -0.25) is 9.59 Å². The molecule has 1 saturated heterocycles. The van der Waals surface area contributed by atoms with Crippen molar-refractivity contribution in [1.29, 1.82) is 0 Å². The molecule has 1 aromatic carbocycles. The summed E-state index contributed by atoms with van der Waals surface area (Å²) in [6, 6.07) is 6.00. The highest BCUT2D eigenvalue weighted by Gasteiger charge is 2.36. The molecule has 0 saturated carbocycles. The molecular weight excluding hydrogens is 292 g/mol. The lowest BCUT2D eigenvalue weighted by atomic mass is 10.0. The van der Waals surface area contributed by atoms with Gasteiger partial charge in [0.15, 0.2) is 0 Å². The van der Waals surface area contributed by atoms with Crippen molar-refractivity contribution in [3.05, 3.63) is 29.3 Å². The fraction of sp³-hybridized carbons (Fsp3) is 0.556. The van der Waals surface area contributed by atoms with Gasteiger partial charge in [0.2, 0.25) is 11.8 Å². The number of nitrogens with zero attached hydrogens (tertiary/aromatic N) is 1. The SMILES string of the molecule is CCc1cccc(C)c1NC(=O)[C@H]1CC(=O)N([C@H](C)COC)C1. The van der Waals surface area contributed by atoms with Crippen LogP contribution in [0.1, 0.15) is 31.4 Å². The van der Waals surface area contributed by atoms with Gasteiger partial charge in [0.05, 0.1) is 18.6 Å². The van der Waals surface area contributed by atoms with Gasteiger partial charge in [0, 0.05) is 25.8 Å². The van der Waals surface area contributed by atoms with Crippen LogP contribution in [0.2, 0.25) is 0 Å². The van der Waals surface area contributed by atoms with E-state index in [2.05, 4.69) is 12.2 Å². The van der Waals surface area contributed by atoms with E-state index < -0.39 is 0 Å². The van der Waals surface area contributed by atoms with Crippen molar-refractivity contribution in [2.45, 2.75) is 39.7 Å². The van der Waals surface area contributed by atoms with E-state index in [-0.39, 0.29) is 30.2 Å². The zero-order valence-corrected chi connectivity index (χ0v) is 14.4. The number of ether oxygens (including phenoxy) is 1. The number of rotatable bonds is 6. The summed E-state index contributed by atoms with van der Waals surface area (Å²) in [5.41, 5.74) is 3.05. The number of carbonyl (C=O) groups is 2. The molecule has 1 N–H and O–H groups in total. The molecule has 23 heavy (non-hydrogen) atoms. The van der Waals surface area contributed by atoms with Gasteiger partial charge in [-0.05, 0) is 31.4 Å². The molecule has 1 fully saturated rings. The third-order valence-electron chi connectivity index (χ3n) is 4.46. The highest BCUT2D eigenvalue weighted by Crippen LogP contribution is 2.25. The molecule has 0 aliphatic carbocycles. The fourth-order valence-electron chi connectivity index (χ4n) is 3.09. The molecule has 2 rings (SSSR count). The van der Waals surface area contributed by atoms with Crippen LogP contribution in [0.25, 0.3) is 0 Å². The van der Waals surface area contributed by atoms with Crippen molar-refractivity contribution >= 4 is 17.5 Å². The monoisotopic (exact) mass is 318 g/mol. The lowest BCUT2D eigenvalue weighted by molar-refractivity contribution is -0.130. The molecule has 5 heteroatoms. The topological polar surface area (TPSA) is 58.6 Å². The van der Waals surface area contributed by atoms with E-state index in [1.54, 1.807) is 12.0 Å². The van der Waals surface area contributed by atoms with Crippen molar-refractivity contribution in [1.82, 2.24) is 4.90 Å². The molecule has 1 aliphatic heterocycles. The van der Waals surface area contributed by atoms with Gasteiger partial charge in [-0.25, -0.2) is 0 Å². The molecule has 126 valence electrons. The smallest absolute Gasteiger partial charge is 0.229 e. The second-order valence-corrected chi connectivity index (χ2v) is 6.20. The Balaban J connectivity index is 2.07. The van der Waals surface area contributed by atoms with E-state index >= 15 is 0 Å². The highest BCUT2D eigenvalue weighted by molar-refractivity contribution is 5.98. The summed E-state index contributed by atoms with van der Waals surface area (Å²) < 4.78 is 5.11. The van der Waals surface area contributed by atoms with Crippen LogP contribution >= 0.6 is 0 Å². The van der Waals surface area contributed by atoms with E-state index in [9.17, 15) is 9.59 Å². The van der Waals surface area contributed by atoms with E-state index in [4.69, 9.17) is 4.74 Å². The number of para-hydroxylation sites is 1. The highest BCUT2D eigenvalue weighted by atomic mass is 16.5. The Labute approximate surface area is 138 Å². The first-order valence-corrected chi connectivity index (χ1v) is 8.15. The van der Waals surface area contributed by atoms with Crippen LogP contribution in [0.3, 0.4) is 0 Å². The van der Waals surface area contributed by atoms with Gasteiger partial charge in [0.1, 0.15) is 0 Å². The Morgan fingerprint density at radius 1 is 1.48 bits per heavy atom. The average Bonchev–Trinajstić information content (AvgIpc) is 2.91. The molecule has 0 bridgehead atoms. The number of benzene rings is 1. The molecular formula is C18H26N2O3. The number of aryl methyl sites for hydroxylation is 2. The molecule has 2 atom stereocenters. The summed E-state index contributed by atoms with van der Waals surface area (Å²) in [5.74, 6) is -0.351. The molecule has 2 amide bonds. The maximum absolute atomic E-state index is 12.6. The minimum Gasteiger partial charge on any atom is -0.383 e. The summed E-state index contributed by atoms with van der Waals surface area (Å²) in [5, 5.41) is 3.03. The van der Waals surface area contributed by atoms with Crippen LogP contribution < -0.4 is 5.32 Å². The van der Waals surface area contributed by atoms with Gasteiger partial charge in [0.25, 0.3) is 0 Å². The molecule has 1 heterocycles. The first kappa shape index (κ1) is 17.5. The molecule has 0 unspecified atom stereocenters. The molecule has 5 nitrogen and oxygen atoms in total. The van der Waals surface area contributed by atoms with E-state index in [0.29, 0.717) is 13.2 Å². The molecule has 0 aromatic heterocycles. The fourth-order valence-corrected chi connectivity index (χ4v) is 3.09. The number of nitrogens with one attached hydrogen (secondary N) is 1. The number of methoxy groups -OCH3 is 1. The third kappa shape index (κ3) is 3.91. The molecule has 0 spiro atoms. The summed E-state index contributed by atoms with van der Waals surface area (Å²) in [6.07, 6.45) is 1.13. The predicted octanol–water partition coefficient (Wildman–Crippen LogP) is 2.38. The van der Waals surface area contributed by atoms with Gasteiger partial charge in [-0.1, -0.05) is 25.1 Å². The van der Waals surface area contributed by atoms with Gasteiger partial charge >= 0.3 is 0 Å². The zero-order valence-electron chi connectivity index (χ0n) is 14.4. The van der Waals surface area contributed by atoms with Crippen molar-refractivity contribution in [3.63, 3.8) is 0 Å². The Kier molecular flexibility index (Phi) is 5.77. The van der Waals surface area contributed by atoms with Crippen LogP contribution in [-0.4, -0.2) is 43.0 Å². The maximum Gasteiger partial charge on any atom is 0.229 e. The molecule has 1 aromatic rings. The van der Waals surface area contributed by atoms with Crippen molar-refractivity contribution in [3.8, 4) is 0 Å². The lowest BCUT2D eigenvalue weighted by Gasteiger charge is -2.24. The molecule has 1 aliphatic rings. The number of likely N-dealkylation sites (tertiary alicyclic amines) is 1. The van der Waals surface area contributed by atoms with Crippen LogP contribution in [0.15, 0.2) is 18.2 Å². The third-order valence-corrected chi connectivity index (χ3v) is 4.46. The van der Waals surface area contributed by atoms with Gasteiger partial charge < -0.3 is 15.0 Å². The minimum atomic E-state index is -0.300. The van der Waals surface area contributed by atoms with Crippen molar-refractivity contribution in [2.75, 3.05) is 25.6 Å². The summed E-state index contributed by atoms with van der Waals surface area (Å²) >= 11 is 0. The van der Waals surface area contributed by atoms with E-state index in [1.807, 2.05) is 32.0 Å². The summed E-state index contributed by atoms with van der Waals surface area (Å²) in [7, 11) is 1.62. The zero-order chi connectivity index (χ0) is 17.0.